The Bertz CT molecular complexity index is 447. The highest BCUT2D eigenvalue weighted by Gasteiger charge is 2.21. The SMILES string of the molecule is [B][B]B([B])c1nc(C(C)C)c([B])c(C(C)C)c1[B][B]. The second-order valence-corrected chi connectivity index (χ2v) is 5.32. The predicted molar refractivity (Wildman–Crippen MR) is 91.6 cm³/mol. The largest absolute Gasteiger partial charge is 0.270 e. The third kappa shape index (κ3) is 3.38. The molecule has 0 atom stereocenters. The second-order valence-electron chi connectivity index (χ2n) is 5.32. The maximum atomic E-state index is 6.25. The molecular weight excluding hydrogens is 222 g/mol. The third-order valence-electron chi connectivity index (χ3n) is 3.19. The van der Waals surface area contributed by atoms with Crippen LogP contribution in [-0.4, -0.2) is 56.8 Å². The number of rotatable bonds is 5. The van der Waals surface area contributed by atoms with Gasteiger partial charge in [0.2, 0.25) is 0 Å². The van der Waals surface area contributed by atoms with Gasteiger partial charge >= 0.3 is 0 Å². The van der Waals surface area contributed by atoms with Gasteiger partial charge in [-0.15, -0.1) is 0 Å². The lowest BCUT2D eigenvalue weighted by Crippen LogP contribution is -2.55. The summed E-state index contributed by atoms with van der Waals surface area (Å²) in [5, 5.41) is 0. The molecule has 1 aromatic heterocycles. The first-order chi connectivity index (χ1) is 8.84. The standard InChI is InChI=1S/C11H14B7N/c1-5(2)7-8(12)10(6(3)4)19-11(9(7)16-13)18(15)17-14/h5-6H,1-4H3. The number of pyridine rings is 1. The highest BCUT2D eigenvalue weighted by Crippen LogP contribution is 2.14. The molecule has 84 valence electrons. The summed E-state index contributed by atoms with van der Waals surface area (Å²) >= 11 is 0. The highest BCUT2D eigenvalue weighted by atomic mass is 14.7. The first-order valence-corrected chi connectivity index (χ1v) is 6.53. The van der Waals surface area contributed by atoms with Gasteiger partial charge in [0.1, 0.15) is 14.3 Å². The molecule has 0 N–H and O–H groups in total. The van der Waals surface area contributed by atoms with Crippen LogP contribution in [-0.2, 0) is 0 Å². The van der Waals surface area contributed by atoms with Gasteiger partial charge in [-0.05, 0) is 17.4 Å². The van der Waals surface area contributed by atoms with Crippen LogP contribution in [0, 0.1) is 0 Å². The van der Waals surface area contributed by atoms with E-state index in [0.29, 0.717) is 11.1 Å². The Morgan fingerprint density at radius 1 is 1.11 bits per heavy atom. The van der Waals surface area contributed by atoms with E-state index < -0.39 is 6.49 Å². The van der Waals surface area contributed by atoms with Gasteiger partial charge in [0.25, 0.3) is 0 Å². The minimum atomic E-state index is -0.453. The zero-order valence-electron chi connectivity index (χ0n) is 12.1. The Morgan fingerprint density at radius 2 is 1.68 bits per heavy atom. The van der Waals surface area contributed by atoms with E-state index in [1.165, 1.54) is 14.2 Å². The lowest BCUT2D eigenvalue weighted by molar-refractivity contribution is 0.820. The summed E-state index contributed by atoms with van der Waals surface area (Å²) in [4.78, 5) is 4.58. The topological polar surface area (TPSA) is 12.9 Å². The molecule has 0 unspecified atom stereocenters. The Labute approximate surface area is 124 Å². The van der Waals surface area contributed by atoms with Gasteiger partial charge in [0.15, 0.2) is 0 Å². The van der Waals surface area contributed by atoms with E-state index in [-0.39, 0.29) is 11.8 Å². The fourth-order valence-electron chi connectivity index (χ4n) is 2.25. The van der Waals surface area contributed by atoms with Crippen LogP contribution in [0.25, 0.3) is 0 Å². The van der Waals surface area contributed by atoms with E-state index in [0.717, 1.165) is 16.7 Å². The fourth-order valence-corrected chi connectivity index (χ4v) is 2.25. The van der Waals surface area contributed by atoms with Crippen LogP contribution in [0.2, 0.25) is 0 Å². The average Bonchev–Trinajstić information content (AvgIpc) is 2.35. The Kier molecular flexibility index (Phi) is 6.01. The van der Waals surface area contributed by atoms with E-state index >= 15 is 0 Å². The maximum absolute atomic E-state index is 6.25. The molecule has 1 nitrogen and oxygen atoms in total. The molecule has 0 aliphatic heterocycles. The number of aromatic nitrogens is 1. The van der Waals surface area contributed by atoms with Crippen molar-refractivity contribution < 1.29 is 0 Å². The summed E-state index contributed by atoms with van der Waals surface area (Å²) in [6.45, 7) is 7.80. The van der Waals surface area contributed by atoms with Crippen LogP contribution in [0.3, 0.4) is 0 Å². The van der Waals surface area contributed by atoms with Crippen LogP contribution in [0.15, 0.2) is 0 Å². The van der Waals surface area contributed by atoms with Crippen molar-refractivity contribution in [3.8, 4) is 0 Å². The molecule has 0 saturated heterocycles. The first kappa shape index (κ1) is 16.7. The molecule has 1 aromatic rings. The molecule has 1 rings (SSSR count). The Balaban J connectivity index is 3.63. The van der Waals surface area contributed by atoms with Crippen LogP contribution in [0.4, 0.5) is 0 Å². The zero-order chi connectivity index (χ0) is 14.7. The van der Waals surface area contributed by atoms with Gasteiger partial charge in [-0.3, -0.25) is 4.98 Å². The molecule has 0 aliphatic carbocycles. The molecule has 1 heterocycles. The minimum absolute atomic E-state index is 0.216. The lowest BCUT2D eigenvalue weighted by Gasteiger charge is -2.26. The average molecular weight is 236 g/mol. The number of hydrogen-bond acceptors (Lipinski definition) is 1. The van der Waals surface area contributed by atoms with Crippen LogP contribution < -0.4 is 16.5 Å². The van der Waals surface area contributed by atoms with Crippen molar-refractivity contribution in [2.24, 2.45) is 0 Å². The summed E-state index contributed by atoms with van der Waals surface area (Å²) in [5.74, 6) is 0.451. The van der Waals surface area contributed by atoms with E-state index in [1.54, 1.807) is 0 Å². The minimum Gasteiger partial charge on any atom is -0.270 e. The van der Waals surface area contributed by atoms with E-state index in [2.05, 4.69) is 32.7 Å². The zero-order valence-corrected chi connectivity index (χ0v) is 12.1. The third-order valence-corrected chi connectivity index (χ3v) is 3.19. The van der Waals surface area contributed by atoms with Gasteiger partial charge in [-0.2, -0.15) is 0 Å². The molecule has 0 aliphatic rings. The molecule has 0 aromatic carbocycles. The van der Waals surface area contributed by atoms with Crippen LogP contribution in [0.1, 0.15) is 50.8 Å². The lowest BCUT2D eigenvalue weighted by atomic mass is 9.03. The Morgan fingerprint density at radius 3 is 2.05 bits per heavy atom. The molecule has 0 spiro atoms. The van der Waals surface area contributed by atoms with E-state index in [1.807, 2.05) is 0 Å². The predicted octanol–water partition coefficient (Wildman–Crippen LogP) is -1.81. The van der Waals surface area contributed by atoms with Gasteiger partial charge in [-0.1, -0.05) is 44.2 Å². The van der Waals surface area contributed by atoms with Crippen molar-refractivity contribution in [3.05, 3.63) is 11.3 Å². The second kappa shape index (κ2) is 6.86. The molecular formula is C11H14B7N. The van der Waals surface area contributed by atoms with Gasteiger partial charge in [0.05, 0.1) is 7.17 Å². The first-order valence-electron chi connectivity index (χ1n) is 6.53. The van der Waals surface area contributed by atoms with Gasteiger partial charge in [0, 0.05) is 36.0 Å². The van der Waals surface area contributed by atoms with Crippen molar-refractivity contribution in [2.75, 3.05) is 0 Å². The van der Waals surface area contributed by atoms with Crippen molar-refractivity contribution in [1.82, 2.24) is 4.98 Å². The maximum Gasteiger partial charge on any atom is 0.116 e. The number of hydrogen-bond donors (Lipinski definition) is 0. The van der Waals surface area contributed by atoms with Crippen molar-refractivity contribution >= 4 is 68.3 Å². The Hall–Kier alpha value is -0.395. The smallest absolute Gasteiger partial charge is 0.116 e. The molecule has 0 bridgehead atoms. The summed E-state index contributed by atoms with van der Waals surface area (Å²) in [5.41, 5.74) is 4.03. The fraction of sp³-hybridized carbons (Fsp3) is 0.545. The quantitative estimate of drug-likeness (QED) is 0.549. The summed E-state index contributed by atoms with van der Waals surface area (Å²) in [6, 6.07) is 0. The van der Waals surface area contributed by atoms with Crippen molar-refractivity contribution in [3.63, 3.8) is 0 Å². The molecule has 8 heteroatoms. The van der Waals surface area contributed by atoms with Crippen molar-refractivity contribution in [1.29, 1.82) is 0 Å². The molecule has 0 saturated carbocycles. The van der Waals surface area contributed by atoms with Crippen molar-refractivity contribution in [2.45, 2.75) is 39.5 Å². The molecule has 19 heavy (non-hydrogen) atoms. The molecule has 0 amide bonds. The summed E-state index contributed by atoms with van der Waals surface area (Å²) in [7, 11) is 26.5. The monoisotopic (exact) mass is 237 g/mol. The summed E-state index contributed by atoms with van der Waals surface area (Å²) < 4.78 is 0. The van der Waals surface area contributed by atoms with Crippen LogP contribution >= 0.6 is 0 Å². The molecule has 10 radical (unpaired) electrons. The summed E-state index contributed by atoms with van der Waals surface area (Å²) in [6.07, 6.45) is 0. The highest BCUT2D eigenvalue weighted by molar-refractivity contribution is 7.51. The van der Waals surface area contributed by atoms with E-state index in [9.17, 15) is 0 Å². The van der Waals surface area contributed by atoms with Crippen LogP contribution in [0.5, 0.6) is 0 Å². The molecule has 0 fully saturated rings. The van der Waals surface area contributed by atoms with E-state index in [4.69, 9.17) is 31.1 Å². The van der Waals surface area contributed by atoms with Gasteiger partial charge in [-0.25, -0.2) is 0 Å². The normalized spacial score (nSPS) is 10.8. The number of nitrogens with zero attached hydrogens (tertiary/aromatic N) is 1. The van der Waals surface area contributed by atoms with Gasteiger partial charge < -0.3 is 0 Å².